The van der Waals surface area contributed by atoms with Crippen LogP contribution in [0.2, 0.25) is 0 Å². The van der Waals surface area contributed by atoms with Crippen molar-refractivity contribution in [2.45, 2.75) is 52.0 Å². The van der Waals surface area contributed by atoms with Crippen LogP contribution < -0.4 is 5.32 Å². The Hall–Kier alpha value is -1.58. The molecule has 1 rings (SSSR count). The van der Waals surface area contributed by atoms with E-state index < -0.39 is 5.97 Å². The van der Waals surface area contributed by atoms with E-state index in [4.69, 9.17) is 5.11 Å². The highest BCUT2D eigenvalue weighted by molar-refractivity contribution is 5.85. The Morgan fingerprint density at radius 2 is 2.17 bits per heavy atom. The highest BCUT2D eigenvalue weighted by Gasteiger charge is 2.07. The van der Waals surface area contributed by atoms with Crippen LogP contribution >= 0.6 is 0 Å². The Morgan fingerprint density at radius 1 is 1.39 bits per heavy atom. The quantitative estimate of drug-likeness (QED) is 0.693. The SMILES string of the molecule is CCCCCCC(C)Nc1cccc(C(=O)O)n1. The van der Waals surface area contributed by atoms with Gasteiger partial charge in [-0.1, -0.05) is 38.7 Å². The van der Waals surface area contributed by atoms with Gasteiger partial charge in [-0.15, -0.1) is 0 Å². The average molecular weight is 250 g/mol. The number of carboxylic acid groups (broad SMARTS) is 1. The molecule has 1 heterocycles. The smallest absolute Gasteiger partial charge is 0.354 e. The van der Waals surface area contributed by atoms with Gasteiger partial charge >= 0.3 is 5.97 Å². The molecule has 0 spiro atoms. The highest BCUT2D eigenvalue weighted by atomic mass is 16.4. The van der Waals surface area contributed by atoms with Gasteiger partial charge < -0.3 is 10.4 Å². The number of carbonyl (C=O) groups is 1. The molecule has 4 nitrogen and oxygen atoms in total. The van der Waals surface area contributed by atoms with Crippen molar-refractivity contribution >= 4 is 11.8 Å². The van der Waals surface area contributed by atoms with Gasteiger partial charge in [-0.25, -0.2) is 9.78 Å². The van der Waals surface area contributed by atoms with Crippen LogP contribution in [0.4, 0.5) is 5.82 Å². The molecule has 0 saturated carbocycles. The standard InChI is InChI=1S/C14H22N2O2/c1-3-4-5-6-8-11(2)15-13-10-7-9-12(16-13)14(17)18/h7,9-11H,3-6,8H2,1-2H3,(H,15,16)(H,17,18). The first-order valence-corrected chi connectivity index (χ1v) is 6.60. The number of aromatic nitrogens is 1. The number of anilines is 1. The van der Waals surface area contributed by atoms with E-state index in [1.165, 1.54) is 31.7 Å². The normalized spacial score (nSPS) is 12.1. The van der Waals surface area contributed by atoms with Gasteiger partial charge in [0.1, 0.15) is 5.82 Å². The molecule has 0 fully saturated rings. The average Bonchev–Trinajstić information content (AvgIpc) is 2.35. The number of hydrogen-bond donors (Lipinski definition) is 2. The number of nitrogens with zero attached hydrogens (tertiary/aromatic N) is 1. The summed E-state index contributed by atoms with van der Waals surface area (Å²) < 4.78 is 0. The van der Waals surface area contributed by atoms with Crippen molar-refractivity contribution in [2.75, 3.05) is 5.32 Å². The zero-order valence-corrected chi connectivity index (χ0v) is 11.1. The van der Waals surface area contributed by atoms with E-state index in [1.807, 2.05) is 0 Å². The number of pyridine rings is 1. The number of carboxylic acids is 1. The monoisotopic (exact) mass is 250 g/mol. The molecule has 0 aromatic carbocycles. The molecule has 1 unspecified atom stereocenters. The summed E-state index contributed by atoms with van der Waals surface area (Å²) in [5.41, 5.74) is 0.0817. The Kier molecular flexibility index (Phi) is 6.19. The second-order valence-corrected chi connectivity index (χ2v) is 4.61. The van der Waals surface area contributed by atoms with Crippen molar-refractivity contribution in [3.05, 3.63) is 23.9 Å². The van der Waals surface area contributed by atoms with Gasteiger partial charge in [0.2, 0.25) is 0 Å². The summed E-state index contributed by atoms with van der Waals surface area (Å²) in [6.45, 7) is 4.30. The lowest BCUT2D eigenvalue weighted by Crippen LogP contribution is -2.16. The lowest BCUT2D eigenvalue weighted by molar-refractivity contribution is 0.0690. The molecule has 0 aliphatic heterocycles. The van der Waals surface area contributed by atoms with E-state index >= 15 is 0 Å². The van der Waals surface area contributed by atoms with E-state index in [2.05, 4.69) is 24.1 Å². The van der Waals surface area contributed by atoms with Gasteiger partial charge in [-0.3, -0.25) is 0 Å². The fourth-order valence-corrected chi connectivity index (χ4v) is 1.84. The molecule has 1 aromatic heterocycles. The Labute approximate surface area is 108 Å². The van der Waals surface area contributed by atoms with Crippen LogP contribution in [0, 0.1) is 0 Å². The van der Waals surface area contributed by atoms with Crippen LogP contribution in [0.5, 0.6) is 0 Å². The minimum Gasteiger partial charge on any atom is -0.477 e. The fraction of sp³-hybridized carbons (Fsp3) is 0.571. The minimum absolute atomic E-state index is 0.0817. The van der Waals surface area contributed by atoms with E-state index in [9.17, 15) is 4.79 Å². The lowest BCUT2D eigenvalue weighted by atomic mass is 10.1. The van der Waals surface area contributed by atoms with Crippen LogP contribution in [0.1, 0.15) is 56.4 Å². The third-order valence-corrected chi connectivity index (χ3v) is 2.85. The Morgan fingerprint density at radius 3 is 2.83 bits per heavy atom. The second-order valence-electron chi connectivity index (χ2n) is 4.61. The number of unbranched alkanes of at least 4 members (excludes halogenated alkanes) is 3. The van der Waals surface area contributed by atoms with E-state index in [0.717, 1.165) is 6.42 Å². The molecule has 1 atom stereocenters. The molecule has 0 radical (unpaired) electrons. The Balaban J connectivity index is 2.41. The number of aromatic carboxylic acids is 1. The molecule has 0 aliphatic carbocycles. The molecule has 100 valence electrons. The van der Waals surface area contributed by atoms with Gasteiger partial charge in [-0.05, 0) is 25.5 Å². The molecule has 0 bridgehead atoms. The molecule has 2 N–H and O–H groups in total. The first-order chi connectivity index (χ1) is 8.63. The summed E-state index contributed by atoms with van der Waals surface area (Å²) in [6.07, 6.45) is 6.05. The molecule has 0 amide bonds. The fourth-order valence-electron chi connectivity index (χ4n) is 1.84. The maximum absolute atomic E-state index is 10.8. The van der Waals surface area contributed by atoms with Crippen LogP contribution in [-0.2, 0) is 0 Å². The van der Waals surface area contributed by atoms with Crippen LogP contribution in [-0.4, -0.2) is 22.1 Å². The second kappa shape index (κ2) is 7.69. The number of hydrogen-bond acceptors (Lipinski definition) is 3. The van der Waals surface area contributed by atoms with Crippen molar-refractivity contribution in [2.24, 2.45) is 0 Å². The van der Waals surface area contributed by atoms with Gasteiger partial charge in [0, 0.05) is 6.04 Å². The summed E-state index contributed by atoms with van der Waals surface area (Å²) in [5, 5.41) is 12.1. The summed E-state index contributed by atoms with van der Waals surface area (Å²) >= 11 is 0. The lowest BCUT2D eigenvalue weighted by Gasteiger charge is -2.14. The zero-order chi connectivity index (χ0) is 13.4. The first-order valence-electron chi connectivity index (χ1n) is 6.60. The predicted molar refractivity (Wildman–Crippen MR) is 73.0 cm³/mol. The summed E-state index contributed by atoms with van der Waals surface area (Å²) in [5.74, 6) is -0.354. The van der Waals surface area contributed by atoms with Gasteiger partial charge in [-0.2, -0.15) is 0 Å². The molecule has 4 heteroatoms. The molecule has 0 saturated heterocycles. The summed E-state index contributed by atoms with van der Waals surface area (Å²) in [4.78, 5) is 14.8. The van der Waals surface area contributed by atoms with Crippen LogP contribution in [0.15, 0.2) is 18.2 Å². The van der Waals surface area contributed by atoms with Gasteiger partial charge in [0.15, 0.2) is 5.69 Å². The third kappa shape index (κ3) is 5.17. The van der Waals surface area contributed by atoms with Crippen molar-refractivity contribution in [1.82, 2.24) is 4.98 Å². The zero-order valence-electron chi connectivity index (χ0n) is 11.1. The summed E-state index contributed by atoms with van der Waals surface area (Å²) in [6, 6.07) is 5.33. The largest absolute Gasteiger partial charge is 0.477 e. The minimum atomic E-state index is -0.991. The van der Waals surface area contributed by atoms with Crippen molar-refractivity contribution in [3.8, 4) is 0 Å². The van der Waals surface area contributed by atoms with Crippen molar-refractivity contribution in [1.29, 1.82) is 0 Å². The van der Waals surface area contributed by atoms with Gasteiger partial charge in [0.25, 0.3) is 0 Å². The molecule has 18 heavy (non-hydrogen) atoms. The summed E-state index contributed by atoms with van der Waals surface area (Å²) in [7, 11) is 0. The van der Waals surface area contributed by atoms with Crippen LogP contribution in [0.3, 0.4) is 0 Å². The first kappa shape index (κ1) is 14.5. The maximum atomic E-state index is 10.8. The van der Waals surface area contributed by atoms with E-state index in [1.54, 1.807) is 12.1 Å². The van der Waals surface area contributed by atoms with Crippen molar-refractivity contribution < 1.29 is 9.90 Å². The third-order valence-electron chi connectivity index (χ3n) is 2.85. The maximum Gasteiger partial charge on any atom is 0.354 e. The van der Waals surface area contributed by atoms with Crippen LogP contribution in [0.25, 0.3) is 0 Å². The molecule has 1 aromatic rings. The van der Waals surface area contributed by atoms with Crippen molar-refractivity contribution in [3.63, 3.8) is 0 Å². The van der Waals surface area contributed by atoms with E-state index in [0.29, 0.717) is 11.9 Å². The molecular formula is C14H22N2O2. The van der Waals surface area contributed by atoms with Gasteiger partial charge in [0.05, 0.1) is 0 Å². The molecule has 0 aliphatic rings. The molecular weight excluding hydrogens is 228 g/mol. The highest BCUT2D eigenvalue weighted by Crippen LogP contribution is 2.11. The number of nitrogens with one attached hydrogen (secondary N) is 1. The topological polar surface area (TPSA) is 62.2 Å². The number of rotatable bonds is 8. The van der Waals surface area contributed by atoms with E-state index in [-0.39, 0.29) is 5.69 Å². The Bertz CT molecular complexity index is 380. The predicted octanol–water partition coefficient (Wildman–Crippen LogP) is 3.55.